The largest absolute Gasteiger partial charge is 0.288 e. The molecule has 0 bridgehead atoms. The molecule has 1 nitrogen and oxygen atoms in total. The summed E-state index contributed by atoms with van der Waals surface area (Å²) in [6.45, 7) is 3.67. The molecule has 0 unspecified atom stereocenters. The molecule has 1 aromatic heterocycles. The van der Waals surface area contributed by atoms with Crippen LogP contribution in [0.1, 0.15) is 25.7 Å². The molecule has 0 fully saturated rings. The maximum Gasteiger partial charge on any atom is 0.197 e. The number of rotatable bonds is 2. The molecule has 0 aliphatic carbocycles. The summed E-state index contributed by atoms with van der Waals surface area (Å²) < 4.78 is 26.5. The van der Waals surface area contributed by atoms with Gasteiger partial charge in [-0.3, -0.25) is 4.79 Å². The van der Waals surface area contributed by atoms with E-state index < -0.39 is 17.4 Å². The lowest BCUT2D eigenvalue weighted by molar-refractivity contribution is 0.103. The minimum atomic E-state index is -1.08. The van der Waals surface area contributed by atoms with E-state index in [9.17, 15) is 13.6 Å². The Labute approximate surface area is 102 Å². The number of carbonyl (C=O) groups is 1. The van der Waals surface area contributed by atoms with Crippen LogP contribution < -0.4 is 0 Å². The average molecular weight is 252 g/mol. The van der Waals surface area contributed by atoms with Gasteiger partial charge in [-0.1, -0.05) is 6.07 Å². The van der Waals surface area contributed by atoms with Crippen LogP contribution in [0.15, 0.2) is 24.3 Å². The average Bonchev–Trinajstić information content (AvgIpc) is 2.61. The monoisotopic (exact) mass is 252 g/mol. The number of thiophene rings is 1. The van der Waals surface area contributed by atoms with Crippen molar-refractivity contribution < 1.29 is 13.6 Å². The van der Waals surface area contributed by atoms with Gasteiger partial charge < -0.3 is 0 Å². The second-order valence-electron chi connectivity index (χ2n) is 3.76. The molecule has 0 aliphatic heterocycles. The van der Waals surface area contributed by atoms with E-state index in [4.69, 9.17) is 0 Å². The standard InChI is InChI=1S/C13H10F2OS/c1-7-6-10(8(2)17-7)13(16)9-4-3-5-11(14)12(9)15/h3-6H,1-2H3. The van der Waals surface area contributed by atoms with Gasteiger partial charge in [0.15, 0.2) is 17.4 Å². The highest BCUT2D eigenvalue weighted by atomic mass is 32.1. The van der Waals surface area contributed by atoms with Crippen LogP contribution in [0.2, 0.25) is 0 Å². The molecule has 4 heteroatoms. The molecule has 0 amide bonds. The molecule has 1 aromatic carbocycles. The maximum atomic E-state index is 13.5. The van der Waals surface area contributed by atoms with E-state index in [0.29, 0.717) is 5.56 Å². The van der Waals surface area contributed by atoms with Crippen molar-refractivity contribution >= 4 is 17.1 Å². The molecule has 88 valence electrons. The fourth-order valence-electron chi connectivity index (χ4n) is 1.68. The van der Waals surface area contributed by atoms with Gasteiger partial charge >= 0.3 is 0 Å². The topological polar surface area (TPSA) is 17.1 Å². The van der Waals surface area contributed by atoms with E-state index >= 15 is 0 Å². The van der Waals surface area contributed by atoms with Crippen molar-refractivity contribution in [1.29, 1.82) is 0 Å². The van der Waals surface area contributed by atoms with E-state index in [-0.39, 0.29) is 5.56 Å². The van der Waals surface area contributed by atoms with Gasteiger partial charge in [-0.25, -0.2) is 8.78 Å². The van der Waals surface area contributed by atoms with Gasteiger partial charge in [0.1, 0.15) is 0 Å². The van der Waals surface area contributed by atoms with Crippen molar-refractivity contribution in [2.45, 2.75) is 13.8 Å². The van der Waals surface area contributed by atoms with Crippen LogP contribution in [0.25, 0.3) is 0 Å². The number of carbonyl (C=O) groups excluding carboxylic acids is 1. The smallest absolute Gasteiger partial charge is 0.197 e. The Balaban J connectivity index is 2.51. The number of hydrogen-bond acceptors (Lipinski definition) is 2. The third-order valence-corrected chi connectivity index (χ3v) is 3.45. The van der Waals surface area contributed by atoms with Gasteiger partial charge in [0, 0.05) is 15.3 Å². The van der Waals surface area contributed by atoms with Crippen LogP contribution in [-0.2, 0) is 0 Å². The van der Waals surface area contributed by atoms with E-state index in [1.165, 1.54) is 23.5 Å². The third-order valence-electron chi connectivity index (χ3n) is 2.48. The second kappa shape index (κ2) is 4.37. The zero-order valence-electron chi connectivity index (χ0n) is 9.38. The van der Waals surface area contributed by atoms with E-state index in [1.807, 2.05) is 6.92 Å². The molecule has 0 saturated carbocycles. The van der Waals surface area contributed by atoms with Crippen molar-refractivity contribution in [3.05, 3.63) is 56.8 Å². The van der Waals surface area contributed by atoms with Crippen LogP contribution in [0.4, 0.5) is 8.78 Å². The first-order valence-corrected chi connectivity index (χ1v) is 5.88. The molecule has 0 radical (unpaired) electrons. The van der Waals surface area contributed by atoms with Crippen molar-refractivity contribution in [2.24, 2.45) is 0 Å². The lowest BCUT2D eigenvalue weighted by Crippen LogP contribution is -2.05. The fourth-order valence-corrected chi connectivity index (χ4v) is 2.60. The number of ketones is 1. The van der Waals surface area contributed by atoms with Gasteiger partial charge in [0.2, 0.25) is 0 Å². The van der Waals surface area contributed by atoms with Crippen molar-refractivity contribution in [3.8, 4) is 0 Å². The number of benzene rings is 1. The molecule has 0 aliphatic rings. The molecule has 0 N–H and O–H groups in total. The summed E-state index contributed by atoms with van der Waals surface area (Å²) in [5.41, 5.74) is 0.225. The van der Waals surface area contributed by atoms with E-state index in [1.54, 1.807) is 13.0 Å². The Morgan fingerprint density at radius 2 is 1.88 bits per heavy atom. The Morgan fingerprint density at radius 3 is 2.47 bits per heavy atom. The fraction of sp³-hybridized carbons (Fsp3) is 0.154. The predicted molar refractivity (Wildman–Crippen MR) is 63.6 cm³/mol. The first kappa shape index (κ1) is 11.9. The van der Waals surface area contributed by atoms with Crippen molar-refractivity contribution in [1.82, 2.24) is 0 Å². The normalized spacial score (nSPS) is 10.6. The summed E-state index contributed by atoms with van der Waals surface area (Å²) in [7, 11) is 0. The highest BCUT2D eigenvalue weighted by Gasteiger charge is 2.19. The van der Waals surface area contributed by atoms with Crippen LogP contribution in [0.5, 0.6) is 0 Å². The zero-order chi connectivity index (χ0) is 12.6. The summed E-state index contributed by atoms with van der Waals surface area (Å²) in [5, 5.41) is 0. The summed E-state index contributed by atoms with van der Waals surface area (Å²) in [6.07, 6.45) is 0. The molecule has 0 saturated heterocycles. The van der Waals surface area contributed by atoms with Crippen LogP contribution >= 0.6 is 11.3 Å². The quantitative estimate of drug-likeness (QED) is 0.741. The van der Waals surface area contributed by atoms with Crippen LogP contribution in [-0.4, -0.2) is 5.78 Å². The minimum absolute atomic E-state index is 0.217. The SMILES string of the molecule is Cc1cc(C(=O)c2cccc(F)c2F)c(C)s1. The number of aryl methyl sites for hydroxylation is 2. The van der Waals surface area contributed by atoms with Gasteiger partial charge in [0.05, 0.1) is 5.56 Å². The Hall–Kier alpha value is -1.55. The highest BCUT2D eigenvalue weighted by molar-refractivity contribution is 7.12. The van der Waals surface area contributed by atoms with E-state index in [0.717, 1.165) is 15.8 Å². The molecule has 1 heterocycles. The molecule has 0 spiro atoms. The summed E-state index contributed by atoms with van der Waals surface area (Å²) in [4.78, 5) is 13.8. The minimum Gasteiger partial charge on any atom is -0.288 e. The summed E-state index contributed by atoms with van der Waals surface area (Å²) in [5.74, 6) is -2.55. The second-order valence-corrected chi connectivity index (χ2v) is 5.22. The van der Waals surface area contributed by atoms with Gasteiger partial charge in [-0.05, 0) is 32.0 Å². The van der Waals surface area contributed by atoms with Gasteiger partial charge in [0.25, 0.3) is 0 Å². The molecule has 2 rings (SSSR count). The van der Waals surface area contributed by atoms with Crippen molar-refractivity contribution in [3.63, 3.8) is 0 Å². The van der Waals surface area contributed by atoms with Gasteiger partial charge in [-0.15, -0.1) is 11.3 Å². The summed E-state index contributed by atoms with van der Waals surface area (Å²) in [6, 6.07) is 5.33. The highest BCUT2D eigenvalue weighted by Crippen LogP contribution is 2.24. The first-order chi connectivity index (χ1) is 8.00. The predicted octanol–water partition coefficient (Wildman–Crippen LogP) is 3.87. The lowest BCUT2D eigenvalue weighted by atomic mass is 10.0. The Morgan fingerprint density at radius 1 is 1.18 bits per heavy atom. The zero-order valence-corrected chi connectivity index (χ0v) is 10.2. The first-order valence-electron chi connectivity index (χ1n) is 5.06. The van der Waals surface area contributed by atoms with Crippen molar-refractivity contribution in [2.75, 3.05) is 0 Å². The Bertz CT molecular complexity index is 587. The number of halogens is 2. The number of hydrogen-bond donors (Lipinski definition) is 0. The molecule has 0 atom stereocenters. The Kier molecular flexibility index (Phi) is 3.07. The maximum absolute atomic E-state index is 13.5. The summed E-state index contributed by atoms with van der Waals surface area (Å²) >= 11 is 1.47. The van der Waals surface area contributed by atoms with E-state index in [2.05, 4.69) is 0 Å². The third kappa shape index (κ3) is 2.13. The molecular formula is C13H10F2OS. The van der Waals surface area contributed by atoms with Gasteiger partial charge in [-0.2, -0.15) is 0 Å². The molecule has 2 aromatic rings. The molecule has 17 heavy (non-hydrogen) atoms. The lowest BCUT2D eigenvalue weighted by Gasteiger charge is -2.02. The van der Waals surface area contributed by atoms with Crippen LogP contribution in [0, 0.1) is 25.5 Å². The van der Waals surface area contributed by atoms with Crippen LogP contribution in [0.3, 0.4) is 0 Å². The molecular weight excluding hydrogens is 242 g/mol.